The van der Waals surface area contributed by atoms with Crippen molar-refractivity contribution in [1.29, 1.82) is 0 Å². The molecule has 3 aliphatic rings. The van der Waals surface area contributed by atoms with Gasteiger partial charge in [0.1, 0.15) is 22.3 Å². The number of para-hydroxylation sites is 4. The summed E-state index contributed by atoms with van der Waals surface area (Å²) in [5.74, 6) is 0. The summed E-state index contributed by atoms with van der Waals surface area (Å²) in [7, 11) is 0. The summed E-state index contributed by atoms with van der Waals surface area (Å²) in [4.78, 5) is 4.87. The fraction of sp³-hybridized carbons (Fsp3) is 0.0469. The van der Waals surface area contributed by atoms with Crippen LogP contribution in [0.5, 0.6) is 0 Å². The Morgan fingerprint density at radius 3 is 0.932 bits per heavy atom. The molecule has 2 aromatic heterocycles. The van der Waals surface area contributed by atoms with E-state index >= 15 is 0 Å². The van der Waals surface area contributed by atoms with Crippen molar-refractivity contribution in [3.8, 4) is 134 Å². The van der Waals surface area contributed by atoms with Crippen LogP contribution in [-0.2, 0) is 10.8 Å². The third-order valence-corrected chi connectivity index (χ3v) is 28.4. The molecule has 0 unspecified atom stereocenters. The van der Waals surface area contributed by atoms with E-state index in [-0.39, 0.29) is 10.8 Å². The number of benzene rings is 21. The third kappa shape index (κ3) is 12.9. The van der Waals surface area contributed by atoms with Crippen LogP contribution in [0, 0.1) is 0 Å². The van der Waals surface area contributed by atoms with Crippen molar-refractivity contribution in [2.24, 2.45) is 0 Å². The molecular weight excluding hydrogens is 1600 g/mol. The van der Waals surface area contributed by atoms with E-state index < -0.39 is 0 Å². The number of rotatable bonds is 14. The highest BCUT2D eigenvalue weighted by atomic mass is 16.3. The molecule has 2 heterocycles. The largest absolute Gasteiger partial charge is 0.455 e. The molecule has 0 aliphatic heterocycles. The molecule has 3 aliphatic carbocycles. The number of fused-ring (bicyclic) bond motifs is 16. The monoisotopic (exact) mass is 1680 g/mol. The van der Waals surface area contributed by atoms with Crippen molar-refractivity contribution in [2.75, 3.05) is 9.80 Å². The van der Waals surface area contributed by atoms with Crippen LogP contribution in [0.15, 0.2) is 470 Å². The van der Waals surface area contributed by atoms with E-state index in [1.165, 1.54) is 144 Å². The van der Waals surface area contributed by atoms with Gasteiger partial charge in [-0.1, -0.05) is 398 Å². The fourth-order valence-electron chi connectivity index (χ4n) is 21.7. The van der Waals surface area contributed by atoms with E-state index in [2.05, 4.69) is 474 Å². The Bertz CT molecular complexity index is 8490. The quantitative estimate of drug-likeness (QED) is 0.109. The standard InChI is InChI=1S/C67H45NO.C61H43NO/c1-67(2)62-40-47(42-12-4-3-5-13-42)30-36-55(62)56-37-35-50(41-63(56)67)68(49-33-28-45(29-34-49)51-38-39-60-54-15-7-6-14-53(54)59-19-11-18-58(51)65(59)60)48-31-26-44(27-32-48)43-22-24-46(25-23-43)52-17-10-20-61-57-16-8-9-21-64(57)69-66(52)61;1-61(2)56-38-45(40-14-5-3-6-15-40)30-34-51(56)52-35-33-47(39-57(52)61)62(58-37-36-48(43-16-7-4-8-17-43)50-18-9-10-19-53(50)58)46-31-28-42(29-32-46)41-24-26-44(27-25-41)49-21-13-22-55-54-20-11-12-23-59(54)63-60(49)55/h3-41H,1-2H3;3-39H,1-2H3. The molecule has 4 nitrogen and oxygen atoms in total. The van der Waals surface area contributed by atoms with Crippen LogP contribution >= 0.6 is 0 Å². The van der Waals surface area contributed by atoms with Crippen molar-refractivity contribution >= 4 is 99.5 Å². The van der Waals surface area contributed by atoms with Gasteiger partial charge in [-0.2, -0.15) is 0 Å². The first-order valence-corrected chi connectivity index (χ1v) is 45.8. The zero-order chi connectivity index (χ0) is 87.9. The average molecular weight is 1690 g/mol. The molecule has 0 atom stereocenters. The van der Waals surface area contributed by atoms with Crippen LogP contribution in [0.2, 0.25) is 0 Å². The van der Waals surface area contributed by atoms with Gasteiger partial charge >= 0.3 is 0 Å². The summed E-state index contributed by atoms with van der Waals surface area (Å²) in [6, 6.07) is 168. The highest BCUT2D eigenvalue weighted by Gasteiger charge is 2.39. The molecular formula is C128H88N2O2. The van der Waals surface area contributed by atoms with Gasteiger partial charge in [-0.25, -0.2) is 0 Å². The van der Waals surface area contributed by atoms with Crippen molar-refractivity contribution < 1.29 is 8.83 Å². The summed E-state index contributed by atoms with van der Waals surface area (Å²) >= 11 is 0. The number of nitrogens with zero attached hydrogens (tertiary/aromatic N) is 2. The lowest BCUT2D eigenvalue weighted by Crippen LogP contribution is -2.17. The molecule has 21 aromatic carbocycles. The fourth-order valence-corrected chi connectivity index (χ4v) is 21.7. The topological polar surface area (TPSA) is 32.8 Å². The molecule has 4 heteroatoms. The smallest absolute Gasteiger partial charge is 0.143 e. The molecule has 26 rings (SSSR count). The minimum absolute atomic E-state index is 0.192. The van der Waals surface area contributed by atoms with Crippen molar-refractivity contribution in [1.82, 2.24) is 0 Å². The van der Waals surface area contributed by atoms with Crippen LogP contribution in [0.1, 0.15) is 49.9 Å². The van der Waals surface area contributed by atoms with Gasteiger partial charge in [0.25, 0.3) is 0 Å². The lowest BCUT2D eigenvalue weighted by molar-refractivity contribution is 0.660. The first kappa shape index (κ1) is 77.7. The maximum Gasteiger partial charge on any atom is 0.143 e. The van der Waals surface area contributed by atoms with Crippen LogP contribution in [0.4, 0.5) is 34.1 Å². The van der Waals surface area contributed by atoms with Gasteiger partial charge in [0.15, 0.2) is 0 Å². The van der Waals surface area contributed by atoms with Crippen LogP contribution < -0.4 is 9.80 Å². The van der Waals surface area contributed by atoms with Crippen molar-refractivity contribution in [3.63, 3.8) is 0 Å². The summed E-state index contributed by atoms with van der Waals surface area (Å²) in [6.45, 7) is 9.51. The molecule has 0 bridgehead atoms. The van der Waals surface area contributed by atoms with Crippen molar-refractivity contribution in [2.45, 2.75) is 38.5 Å². The zero-order valence-corrected chi connectivity index (χ0v) is 73.6. The Morgan fingerprint density at radius 1 is 0.167 bits per heavy atom. The molecule has 622 valence electrons. The number of furan rings is 2. The molecule has 0 saturated heterocycles. The van der Waals surface area contributed by atoms with E-state index in [1.807, 2.05) is 24.3 Å². The first-order valence-electron chi connectivity index (χ1n) is 45.8. The Hall–Kier alpha value is -16.7. The molecule has 0 spiro atoms. The summed E-state index contributed by atoms with van der Waals surface area (Å²) in [5, 5.41) is 9.63. The lowest BCUT2D eigenvalue weighted by atomic mass is 9.81. The first-order chi connectivity index (χ1) is 64.9. The number of anilines is 6. The maximum absolute atomic E-state index is 6.40. The number of hydrogen-bond acceptors (Lipinski definition) is 4. The highest BCUT2D eigenvalue weighted by molar-refractivity contribution is 6.19. The SMILES string of the molecule is CC1(C)c2cc(-c3ccccc3)ccc2-c2ccc(N(c3ccc(-c4ccc(-c5cccc6c5oc5ccccc56)cc4)cc3)c3ccc(-c4ccc5c6c(cccc46)-c4ccccc4-5)cc3)cc21.CC1(C)c2cc(-c3ccccc3)ccc2-c2ccc(N(c3ccc(-c4ccc(-c5cccc6c5oc5ccccc56)cc4)cc3)c3ccc(-c4ccccc4)c4ccccc34)cc21. The molecule has 0 radical (unpaired) electrons. The molecule has 0 saturated carbocycles. The summed E-state index contributed by atoms with van der Waals surface area (Å²) in [6.07, 6.45) is 0. The Balaban J connectivity index is 0.000000142. The van der Waals surface area contributed by atoms with Crippen LogP contribution in [-0.4, -0.2) is 0 Å². The number of hydrogen-bond donors (Lipinski definition) is 0. The van der Waals surface area contributed by atoms with Gasteiger partial charge in [0.2, 0.25) is 0 Å². The second-order valence-electron chi connectivity index (χ2n) is 36.5. The van der Waals surface area contributed by atoms with E-state index in [0.717, 1.165) is 111 Å². The summed E-state index contributed by atoms with van der Waals surface area (Å²) < 4.78 is 12.8. The summed E-state index contributed by atoms with van der Waals surface area (Å²) in [5.41, 5.74) is 44.9. The van der Waals surface area contributed by atoms with E-state index in [1.54, 1.807) is 0 Å². The van der Waals surface area contributed by atoms with Gasteiger partial charge in [-0.3, -0.25) is 0 Å². The predicted molar refractivity (Wildman–Crippen MR) is 555 cm³/mol. The molecule has 0 fully saturated rings. The Morgan fingerprint density at radius 2 is 0.447 bits per heavy atom. The average Bonchev–Trinajstić information content (AvgIpc) is 1.56. The normalized spacial score (nSPS) is 12.8. The third-order valence-electron chi connectivity index (χ3n) is 28.4. The van der Waals surface area contributed by atoms with E-state index in [4.69, 9.17) is 8.83 Å². The van der Waals surface area contributed by atoms with Crippen LogP contribution in [0.3, 0.4) is 0 Å². The second kappa shape index (κ2) is 31.1. The van der Waals surface area contributed by atoms with Crippen LogP contribution in [0.25, 0.3) is 199 Å². The lowest BCUT2D eigenvalue weighted by Gasteiger charge is -2.29. The van der Waals surface area contributed by atoms with E-state index in [0.29, 0.717) is 0 Å². The van der Waals surface area contributed by atoms with Gasteiger partial charge in [-0.05, 0) is 252 Å². The zero-order valence-electron chi connectivity index (χ0n) is 73.6. The van der Waals surface area contributed by atoms with Crippen molar-refractivity contribution in [3.05, 3.63) is 483 Å². The van der Waals surface area contributed by atoms with Gasteiger partial charge < -0.3 is 18.6 Å². The molecule has 0 amide bonds. The van der Waals surface area contributed by atoms with Gasteiger partial charge in [-0.15, -0.1) is 0 Å². The minimum atomic E-state index is -0.192. The molecule has 0 N–H and O–H groups in total. The predicted octanol–water partition coefficient (Wildman–Crippen LogP) is 36.0. The maximum atomic E-state index is 6.40. The second-order valence-corrected chi connectivity index (χ2v) is 36.5. The highest BCUT2D eigenvalue weighted by Crippen LogP contribution is 2.57. The van der Waals surface area contributed by atoms with Gasteiger partial charge in [0, 0.05) is 77.3 Å². The van der Waals surface area contributed by atoms with E-state index in [9.17, 15) is 0 Å². The molecule has 23 aromatic rings. The Labute approximate surface area is 768 Å². The minimum Gasteiger partial charge on any atom is -0.455 e. The molecule has 132 heavy (non-hydrogen) atoms. The van der Waals surface area contributed by atoms with Gasteiger partial charge in [0.05, 0.1) is 5.69 Å². The Kier molecular flexibility index (Phi) is 18.3.